The Morgan fingerprint density at radius 1 is 1.28 bits per heavy atom. The van der Waals surface area contributed by atoms with Gasteiger partial charge in [0.1, 0.15) is 5.82 Å². The highest BCUT2D eigenvalue weighted by molar-refractivity contribution is 5.97. The van der Waals surface area contributed by atoms with Gasteiger partial charge in [-0.2, -0.15) is 0 Å². The lowest BCUT2D eigenvalue weighted by Crippen LogP contribution is -2.07. The number of hydrogen-bond acceptors (Lipinski definition) is 2. The summed E-state index contributed by atoms with van der Waals surface area (Å²) in [7, 11) is 1.38. The van der Waals surface area contributed by atoms with Crippen molar-refractivity contribution < 1.29 is 13.9 Å². The predicted molar refractivity (Wildman–Crippen MR) is 70.5 cm³/mol. The number of carbonyl (C=O) groups is 1. The van der Waals surface area contributed by atoms with Crippen LogP contribution in [0.25, 0.3) is 5.57 Å². The molecule has 0 aliphatic carbocycles. The van der Waals surface area contributed by atoms with E-state index in [1.165, 1.54) is 19.2 Å². The summed E-state index contributed by atoms with van der Waals surface area (Å²) in [6.45, 7) is 3.94. The Kier molecular flexibility index (Phi) is 5.56. The second kappa shape index (κ2) is 6.94. The van der Waals surface area contributed by atoms with Gasteiger partial charge in [-0.05, 0) is 43.0 Å². The fraction of sp³-hybridized carbons (Fsp3) is 0.400. The van der Waals surface area contributed by atoms with Gasteiger partial charge in [0, 0.05) is 5.57 Å². The summed E-state index contributed by atoms with van der Waals surface area (Å²) in [6.07, 6.45) is 2.63. The van der Waals surface area contributed by atoms with Gasteiger partial charge < -0.3 is 4.74 Å². The molecule has 18 heavy (non-hydrogen) atoms. The Bertz CT molecular complexity index is 432. The van der Waals surface area contributed by atoms with Crippen LogP contribution in [0, 0.1) is 5.82 Å². The average molecular weight is 250 g/mol. The lowest BCUT2D eigenvalue weighted by Gasteiger charge is -2.10. The molecular weight excluding hydrogens is 231 g/mol. The molecule has 0 spiro atoms. The maximum absolute atomic E-state index is 12.9. The van der Waals surface area contributed by atoms with Crippen molar-refractivity contribution in [1.82, 2.24) is 0 Å². The molecule has 0 aliphatic heterocycles. The minimum Gasteiger partial charge on any atom is -0.466 e. The number of carbonyl (C=O) groups excluding carboxylic acids is 1. The third kappa shape index (κ3) is 3.69. The molecule has 0 unspecified atom stereocenters. The van der Waals surface area contributed by atoms with Crippen molar-refractivity contribution in [3.8, 4) is 0 Å². The Morgan fingerprint density at radius 3 is 2.39 bits per heavy atom. The molecule has 98 valence electrons. The fourth-order valence-corrected chi connectivity index (χ4v) is 1.79. The molecule has 1 aromatic rings. The number of esters is 1. The molecule has 0 saturated heterocycles. The smallest absolute Gasteiger partial charge is 0.334 e. The molecule has 3 heteroatoms. The SMILES string of the molecule is CCCC/C(C(=O)OC)=C(/C)c1ccc(F)cc1. The minimum absolute atomic E-state index is 0.278. The summed E-state index contributed by atoms with van der Waals surface area (Å²) in [5.74, 6) is -0.579. The zero-order valence-electron chi connectivity index (χ0n) is 11.1. The highest BCUT2D eigenvalue weighted by atomic mass is 19.1. The van der Waals surface area contributed by atoms with Gasteiger partial charge in [-0.25, -0.2) is 9.18 Å². The first-order chi connectivity index (χ1) is 8.60. The van der Waals surface area contributed by atoms with E-state index in [-0.39, 0.29) is 11.8 Å². The molecule has 0 atom stereocenters. The number of halogens is 1. The van der Waals surface area contributed by atoms with Crippen molar-refractivity contribution in [2.24, 2.45) is 0 Å². The second-order valence-corrected chi connectivity index (χ2v) is 4.21. The number of ether oxygens (including phenoxy) is 1. The van der Waals surface area contributed by atoms with Crippen LogP contribution in [0.2, 0.25) is 0 Å². The van der Waals surface area contributed by atoms with E-state index in [1.54, 1.807) is 12.1 Å². The fourth-order valence-electron chi connectivity index (χ4n) is 1.79. The van der Waals surface area contributed by atoms with Crippen LogP contribution in [-0.4, -0.2) is 13.1 Å². The molecule has 0 aliphatic rings. The Morgan fingerprint density at radius 2 is 1.89 bits per heavy atom. The van der Waals surface area contributed by atoms with Crippen molar-refractivity contribution in [1.29, 1.82) is 0 Å². The monoisotopic (exact) mass is 250 g/mol. The van der Waals surface area contributed by atoms with Crippen LogP contribution in [0.5, 0.6) is 0 Å². The summed E-state index contributed by atoms with van der Waals surface area (Å²) >= 11 is 0. The third-order valence-corrected chi connectivity index (χ3v) is 2.94. The second-order valence-electron chi connectivity index (χ2n) is 4.21. The summed E-state index contributed by atoms with van der Waals surface area (Å²) < 4.78 is 17.7. The normalized spacial score (nSPS) is 12.0. The van der Waals surface area contributed by atoms with Gasteiger partial charge in [0.2, 0.25) is 0 Å². The van der Waals surface area contributed by atoms with E-state index >= 15 is 0 Å². The van der Waals surface area contributed by atoms with Crippen LogP contribution in [0.1, 0.15) is 38.7 Å². The largest absolute Gasteiger partial charge is 0.466 e. The molecule has 0 heterocycles. The van der Waals surface area contributed by atoms with E-state index < -0.39 is 0 Å². The van der Waals surface area contributed by atoms with E-state index in [0.29, 0.717) is 12.0 Å². The summed E-state index contributed by atoms with van der Waals surface area (Å²) in [6, 6.07) is 6.15. The van der Waals surface area contributed by atoms with Gasteiger partial charge in [0.25, 0.3) is 0 Å². The Balaban J connectivity index is 3.08. The number of methoxy groups -OCH3 is 1. The number of allylic oxidation sites excluding steroid dienone is 1. The molecule has 0 saturated carbocycles. The van der Waals surface area contributed by atoms with Crippen LogP contribution < -0.4 is 0 Å². The van der Waals surface area contributed by atoms with Crippen LogP contribution in [0.4, 0.5) is 4.39 Å². The predicted octanol–water partition coefficient (Wildman–Crippen LogP) is 3.96. The zero-order chi connectivity index (χ0) is 13.5. The van der Waals surface area contributed by atoms with E-state index in [2.05, 4.69) is 6.92 Å². The van der Waals surface area contributed by atoms with Gasteiger partial charge in [0.15, 0.2) is 0 Å². The maximum atomic E-state index is 12.9. The van der Waals surface area contributed by atoms with E-state index in [9.17, 15) is 9.18 Å². The molecule has 0 radical (unpaired) electrons. The molecule has 1 rings (SSSR count). The number of hydrogen-bond donors (Lipinski definition) is 0. The Labute approximate surface area is 107 Å². The quantitative estimate of drug-likeness (QED) is 0.584. The summed E-state index contributed by atoms with van der Waals surface area (Å²) in [5.41, 5.74) is 2.38. The van der Waals surface area contributed by atoms with Gasteiger partial charge in [-0.15, -0.1) is 0 Å². The van der Waals surface area contributed by atoms with E-state index in [1.807, 2.05) is 6.92 Å². The lowest BCUT2D eigenvalue weighted by atomic mass is 9.97. The van der Waals surface area contributed by atoms with Gasteiger partial charge in [-0.3, -0.25) is 0 Å². The lowest BCUT2D eigenvalue weighted by molar-refractivity contribution is -0.136. The number of unbranched alkanes of at least 4 members (excludes halogenated alkanes) is 1. The van der Waals surface area contributed by atoms with Crippen molar-refractivity contribution in [3.05, 3.63) is 41.2 Å². The molecule has 2 nitrogen and oxygen atoms in total. The number of rotatable bonds is 5. The van der Waals surface area contributed by atoms with Gasteiger partial charge in [0.05, 0.1) is 7.11 Å². The standard InChI is InChI=1S/C15H19FO2/c1-4-5-6-14(15(17)18-3)11(2)12-7-9-13(16)10-8-12/h7-10H,4-6H2,1-3H3/b14-11+. The first-order valence-corrected chi connectivity index (χ1v) is 6.14. The summed E-state index contributed by atoms with van der Waals surface area (Å²) in [4.78, 5) is 11.7. The molecule has 0 fully saturated rings. The zero-order valence-corrected chi connectivity index (χ0v) is 11.1. The minimum atomic E-state index is -0.301. The highest BCUT2D eigenvalue weighted by Crippen LogP contribution is 2.23. The summed E-state index contributed by atoms with van der Waals surface area (Å²) in [5, 5.41) is 0. The van der Waals surface area contributed by atoms with E-state index in [0.717, 1.165) is 24.0 Å². The molecule has 1 aromatic carbocycles. The van der Waals surface area contributed by atoms with E-state index in [4.69, 9.17) is 4.74 Å². The number of benzene rings is 1. The Hall–Kier alpha value is -1.64. The highest BCUT2D eigenvalue weighted by Gasteiger charge is 2.14. The van der Waals surface area contributed by atoms with Crippen LogP contribution in [0.3, 0.4) is 0 Å². The van der Waals surface area contributed by atoms with Crippen LogP contribution in [0.15, 0.2) is 29.8 Å². The van der Waals surface area contributed by atoms with Crippen LogP contribution in [-0.2, 0) is 9.53 Å². The molecular formula is C15H19FO2. The first-order valence-electron chi connectivity index (χ1n) is 6.14. The van der Waals surface area contributed by atoms with Gasteiger partial charge in [-0.1, -0.05) is 25.5 Å². The first kappa shape index (κ1) is 14.4. The molecule has 0 N–H and O–H groups in total. The third-order valence-electron chi connectivity index (χ3n) is 2.94. The molecule has 0 amide bonds. The molecule has 0 aromatic heterocycles. The van der Waals surface area contributed by atoms with Gasteiger partial charge >= 0.3 is 5.97 Å². The van der Waals surface area contributed by atoms with Crippen molar-refractivity contribution in [3.63, 3.8) is 0 Å². The molecule has 0 bridgehead atoms. The van der Waals surface area contributed by atoms with Crippen molar-refractivity contribution in [2.45, 2.75) is 33.1 Å². The topological polar surface area (TPSA) is 26.3 Å². The average Bonchev–Trinajstić information content (AvgIpc) is 2.39. The van der Waals surface area contributed by atoms with Crippen molar-refractivity contribution in [2.75, 3.05) is 7.11 Å². The van der Waals surface area contributed by atoms with Crippen molar-refractivity contribution >= 4 is 11.5 Å². The maximum Gasteiger partial charge on any atom is 0.334 e. The van der Waals surface area contributed by atoms with Crippen LogP contribution >= 0.6 is 0 Å².